The number of hydrogen-bond donors (Lipinski definition) is 2. The van der Waals surface area contributed by atoms with E-state index in [9.17, 15) is 0 Å². The number of hydrazine groups is 1. The van der Waals surface area contributed by atoms with E-state index in [1.807, 2.05) is 13.8 Å². The van der Waals surface area contributed by atoms with Crippen LogP contribution in [0.2, 0.25) is 0 Å². The maximum Gasteiger partial charge on any atom is 0.0502 e. The van der Waals surface area contributed by atoms with Crippen molar-refractivity contribution in [2.75, 3.05) is 0 Å². The van der Waals surface area contributed by atoms with Crippen molar-refractivity contribution in [1.82, 2.24) is 5.43 Å². The summed E-state index contributed by atoms with van der Waals surface area (Å²) in [5.41, 5.74) is 2.58. The Morgan fingerprint density at radius 1 is 1.40 bits per heavy atom. The van der Waals surface area contributed by atoms with Crippen molar-refractivity contribution in [3.05, 3.63) is 0 Å². The lowest BCUT2D eigenvalue weighted by molar-refractivity contribution is 0.260. The lowest BCUT2D eigenvalue weighted by Crippen LogP contribution is -2.56. The molecule has 3 N–H and O–H groups in total. The second-order valence-electron chi connectivity index (χ2n) is 3.20. The third-order valence-electron chi connectivity index (χ3n) is 2.34. The van der Waals surface area contributed by atoms with Gasteiger partial charge in [-0.25, -0.2) is 0 Å². The lowest BCUT2D eigenvalue weighted by Gasteiger charge is -2.35. The van der Waals surface area contributed by atoms with Gasteiger partial charge in [0.2, 0.25) is 0 Å². The van der Waals surface area contributed by atoms with Crippen LogP contribution in [0, 0.1) is 5.92 Å². The van der Waals surface area contributed by atoms with Gasteiger partial charge >= 0.3 is 0 Å². The van der Waals surface area contributed by atoms with Crippen LogP contribution in [0.4, 0.5) is 0 Å². The molecule has 0 aromatic rings. The molecular formula is C7H17ClN2. The molecule has 0 heterocycles. The first-order valence-corrected chi connectivity index (χ1v) is 4.00. The molecule has 0 rings (SSSR count). The summed E-state index contributed by atoms with van der Waals surface area (Å²) in [7, 11) is 0. The fourth-order valence-corrected chi connectivity index (χ4v) is 1.06. The van der Waals surface area contributed by atoms with Gasteiger partial charge in [-0.05, 0) is 19.8 Å². The average molecular weight is 165 g/mol. The zero-order valence-corrected chi connectivity index (χ0v) is 7.87. The van der Waals surface area contributed by atoms with E-state index in [4.69, 9.17) is 17.4 Å². The van der Waals surface area contributed by atoms with Crippen LogP contribution in [0.1, 0.15) is 27.7 Å². The van der Waals surface area contributed by atoms with E-state index in [0.29, 0.717) is 5.92 Å². The first kappa shape index (κ1) is 10.2. The summed E-state index contributed by atoms with van der Waals surface area (Å²) in [6, 6.07) is 0. The Labute approximate surface area is 68.1 Å². The second kappa shape index (κ2) is 3.56. The highest BCUT2D eigenvalue weighted by Crippen LogP contribution is 2.23. The molecule has 0 fully saturated rings. The van der Waals surface area contributed by atoms with Gasteiger partial charge in [0.05, 0.1) is 5.38 Å². The topological polar surface area (TPSA) is 38.0 Å². The van der Waals surface area contributed by atoms with Gasteiger partial charge in [0.1, 0.15) is 0 Å². The minimum Gasteiger partial charge on any atom is -0.271 e. The largest absolute Gasteiger partial charge is 0.271 e. The van der Waals surface area contributed by atoms with E-state index in [1.54, 1.807) is 0 Å². The van der Waals surface area contributed by atoms with Crippen molar-refractivity contribution in [3.8, 4) is 0 Å². The Balaban J connectivity index is 4.23. The van der Waals surface area contributed by atoms with E-state index in [0.717, 1.165) is 0 Å². The molecule has 2 unspecified atom stereocenters. The highest BCUT2D eigenvalue weighted by Gasteiger charge is 2.31. The van der Waals surface area contributed by atoms with Crippen LogP contribution in [-0.2, 0) is 0 Å². The summed E-state index contributed by atoms with van der Waals surface area (Å²) in [5.74, 6) is 5.81. The highest BCUT2D eigenvalue weighted by molar-refractivity contribution is 6.21. The summed E-state index contributed by atoms with van der Waals surface area (Å²) in [4.78, 5) is 0. The first-order chi connectivity index (χ1) is 4.45. The van der Waals surface area contributed by atoms with Gasteiger partial charge in [-0.3, -0.25) is 11.3 Å². The summed E-state index contributed by atoms with van der Waals surface area (Å²) in [6.07, 6.45) is 0. The molecule has 0 amide bonds. The van der Waals surface area contributed by atoms with Crippen LogP contribution in [0.15, 0.2) is 0 Å². The number of rotatable bonds is 3. The van der Waals surface area contributed by atoms with Crippen LogP contribution in [-0.4, -0.2) is 10.9 Å². The quantitative estimate of drug-likeness (QED) is 0.377. The molecule has 0 aliphatic rings. The lowest BCUT2D eigenvalue weighted by atomic mass is 9.86. The summed E-state index contributed by atoms with van der Waals surface area (Å²) < 4.78 is 0. The molecule has 0 aliphatic carbocycles. The summed E-state index contributed by atoms with van der Waals surface area (Å²) in [6.45, 7) is 8.16. The molecule has 10 heavy (non-hydrogen) atoms. The second-order valence-corrected chi connectivity index (χ2v) is 3.85. The first-order valence-electron chi connectivity index (χ1n) is 3.57. The number of nitrogens with two attached hydrogens (primary N) is 1. The van der Waals surface area contributed by atoms with Crippen molar-refractivity contribution in [2.24, 2.45) is 11.8 Å². The Morgan fingerprint density at radius 3 is 1.80 bits per heavy atom. The number of hydrogen-bond acceptors (Lipinski definition) is 2. The SMILES string of the molecule is CC(C)C(C)(NN)C(C)Cl. The van der Waals surface area contributed by atoms with Crippen molar-refractivity contribution < 1.29 is 0 Å². The van der Waals surface area contributed by atoms with Gasteiger partial charge in [0.25, 0.3) is 0 Å². The van der Waals surface area contributed by atoms with E-state index in [2.05, 4.69) is 19.3 Å². The van der Waals surface area contributed by atoms with E-state index in [-0.39, 0.29) is 10.9 Å². The Hall–Kier alpha value is 0.210. The van der Waals surface area contributed by atoms with Crippen molar-refractivity contribution >= 4 is 11.6 Å². The molecule has 0 aliphatic heterocycles. The predicted octanol–water partition coefficient (Wildman–Crippen LogP) is 1.49. The standard InChI is InChI=1S/C7H17ClN2/c1-5(2)7(4,10-9)6(3)8/h5-6,10H,9H2,1-4H3. The third kappa shape index (κ3) is 1.84. The molecular weight excluding hydrogens is 148 g/mol. The molecule has 0 saturated carbocycles. The van der Waals surface area contributed by atoms with Crippen LogP contribution in [0.3, 0.4) is 0 Å². The van der Waals surface area contributed by atoms with Gasteiger partial charge in [-0.1, -0.05) is 13.8 Å². The molecule has 62 valence electrons. The van der Waals surface area contributed by atoms with E-state index in [1.165, 1.54) is 0 Å². The third-order valence-corrected chi connectivity index (χ3v) is 2.79. The minimum atomic E-state index is -0.165. The van der Waals surface area contributed by atoms with Gasteiger partial charge in [0.15, 0.2) is 0 Å². The Kier molecular flexibility index (Phi) is 3.63. The minimum absolute atomic E-state index is 0.0394. The van der Waals surface area contributed by atoms with Gasteiger partial charge in [-0.15, -0.1) is 11.6 Å². The highest BCUT2D eigenvalue weighted by atomic mass is 35.5. The predicted molar refractivity (Wildman–Crippen MR) is 45.9 cm³/mol. The van der Waals surface area contributed by atoms with Crippen molar-refractivity contribution in [1.29, 1.82) is 0 Å². The van der Waals surface area contributed by atoms with E-state index >= 15 is 0 Å². The smallest absolute Gasteiger partial charge is 0.0502 e. The van der Waals surface area contributed by atoms with E-state index < -0.39 is 0 Å². The molecule has 0 spiro atoms. The van der Waals surface area contributed by atoms with Gasteiger partial charge in [0, 0.05) is 5.54 Å². The summed E-state index contributed by atoms with van der Waals surface area (Å²) >= 11 is 5.94. The molecule has 0 aromatic heterocycles. The number of alkyl halides is 1. The molecule has 3 heteroatoms. The zero-order chi connectivity index (χ0) is 8.36. The molecule has 0 saturated heterocycles. The van der Waals surface area contributed by atoms with Gasteiger partial charge < -0.3 is 0 Å². The summed E-state index contributed by atoms with van der Waals surface area (Å²) in [5, 5.41) is 0.0394. The fourth-order valence-electron chi connectivity index (χ4n) is 0.741. The van der Waals surface area contributed by atoms with Crippen molar-refractivity contribution in [3.63, 3.8) is 0 Å². The maximum atomic E-state index is 5.94. The average Bonchev–Trinajstić information content (AvgIpc) is 1.85. The Bertz CT molecular complexity index is 93.8. The molecule has 0 radical (unpaired) electrons. The van der Waals surface area contributed by atoms with Gasteiger partial charge in [-0.2, -0.15) is 0 Å². The normalized spacial score (nSPS) is 20.7. The van der Waals surface area contributed by atoms with Crippen LogP contribution < -0.4 is 11.3 Å². The molecule has 0 bridgehead atoms. The maximum absolute atomic E-state index is 5.94. The fraction of sp³-hybridized carbons (Fsp3) is 1.00. The van der Waals surface area contributed by atoms with Crippen LogP contribution in [0.25, 0.3) is 0 Å². The van der Waals surface area contributed by atoms with Crippen molar-refractivity contribution in [2.45, 2.75) is 38.6 Å². The number of nitrogens with one attached hydrogen (secondary N) is 1. The molecule has 2 atom stereocenters. The molecule has 2 nitrogen and oxygen atoms in total. The molecule has 0 aromatic carbocycles. The monoisotopic (exact) mass is 164 g/mol. The number of halogens is 1. The van der Waals surface area contributed by atoms with Crippen LogP contribution in [0.5, 0.6) is 0 Å². The zero-order valence-electron chi connectivity index (χ0n) is 7.11. The van der Waals surface area contributed by atoms with Crippen LogP contribution >= 0.6 is 11.6 Å². The Morgan fingerprint density at radius 2 is 1.80 bits per heavy atom.